The number of hydrogen-bond acceptors (Lipinski definition) is 3. The normalized spacial score (nSPS) is 25.4. The van der Waals surface area contributed by atoms with Crippen molar-refractivity contribution < 1.29 is 5.11 Å². The number of aryl methyl sites for hydroxylation is 1. The molecule has 3 unspecified atom stereocenters. The molecule has 2 rings (SSSR count). The van der Waals surface area contributed by atoms with Crippen molar-refractivity contribution in [2.75, 3.05) is 13.2 Å². The molecule has 0 saturated heterocycles. The molecule has 0 radical (unpaired) electrons. The van der Waals surface area contributed by atoms with E-state index < -0.39 is 0 Å². The van der Waals surface area contributed by atoms with Gasteiger partial charge in [-0.25, -0.2) is 0 Å². The molecule has 1 saturated carbocycles. The third-order valence-electron chi connectivity index (χ3n) is 4.44. The summed E-state index contributed by atoms with van der Waals surface area (Å²) in [7, 11) is 0. The fraction of sp³-hybridized carbons (Fsp3) is 0.750. The molecule has 3 heteroatoms. The molecule has 0 aromatic carbocycles. The minimum atomic E-state index is 0.361. The quantitative estimate of drug-likeness (QED) is 0.832. The number of hydrogen-bond donors (Lipinski definition) is 2. The highest BCUT2D eigenvalue weighted by molar-refractivity contribution is 7.12. The number of nitrogens with one attached hydrogen (secondary N) is 1. The molecule has 2 nitrogen and oxygen atoms in total. The highest BCUT2D eigenvalue weighted by atomic mass is 32.1. The van der Waals surface area contributed by atoms with E-state index >= 15 is 0 Å². The van der Waals surface area contributed by atoms with Gasteiger partial charge in [-0.1, -0.05) is 19.8 Å². The molecular weight excluding hydrogens is 254 g/mol. The van der Waals surface area contributed by atoms with E-state index in [1.165, 1.54) is 35.4 Å². The molecule has 1 aromatic heterocycles. The zero-order valence-electron chi connectivity index (χ0n) is 12.2. The van der Waals surface area contributed by atoms with Crippen molar-refractivity contribution in [2.45, 2.75) is 52.0 Å². The lowest BCUT2D eigenvalue weighted by Gasteiger charge is -2.31. The second-order valence-corrected chi connectivity index (χ2v) is 6.97. The maximum Gasteiger partial charge on any atom is 0.0462 e. The van der Waals surface area contributed by atoms with Crippen LogP contribution in [0.3, 0.4) is 0 Å². The van der Waals surface area contributed by atoms with Gasteiger partial charge in [0.15, 0.2) is 0 Å². The molecule has 0 amide bonds. The van der Waals surface area contributed by atoms with Gasteiger partial charge in [-0.2, -0.15) is 0 Å². The summed E-state index contributed by atoms with van der Waals surface area (Å²) in [5, 5.41) is 13.1. The van der Waals surface area contributed by atoms with Crippen LogP contribution in [0, 0.1) is 11.8 Å². The summed E-state index contributed by atoms with van der Waals surface area (Å²) in [5.41, 5.74) is 0. The Labute approximate surface area is 121 Å². The highest BCUT2D eigenvalue weighted by Crippen LogP contribution is 2.30. The van der Waals surface area contributed by atoms with Crippen LogP contribution in [0.25, 0.3) is 0 Å². The van der Waals surface area contributed by atoms with Gasteiger partial charge in [-0.05, 0) is 56.7 Å². The fourth-order valence-electron chi connectivity index (χ4n) is 3.04. The summed E-state index contributed by atoms with van der Waals surface area (Å²) in [5.74, 6) is 1.18. The third kappa shape index (κ3) is 4.04. The van der Waals surface area contributed by atoms with Crippen molar-refractivity contribution in [2.24, 2.45) is 11.8 Å². The maximum absolute atomic E-state index is 9.45. The Morgan fingerprint density at radius 1 is 1.32 bits per heavy atom. The van der Waals surface area contributed by atoms with Gasteiger partial charge in [0.05, 0.1) is 0 Å². The van der Waals surface area contributed by atoms with Crippen molar-refractivity contribution in [1.82, 2.24) is 5.32 Å². The monoisotopic (exact) mass is 281 g/mol. The van der Waals surface area contributed by atoms with Crippen LogP contribution in [0.1, 0.15) is 55.3 Å². The molecule has 1 heterocycles. The fourth-order valence-corrected chi connectivity index (χ4v) is 4.02. The first-order valence-electron chi connectivity index (χ1n) is 7.67. The molecular formula is C16H27NOS. The van der Waals surface area contributed by atoms with Crippen LogP contribution in [-0.4, -0.2) is 18.3 Å². The Kier molecular flexibility index (Phi) is 5.86. The topological polar surface area (TPSA) is 32.3 Å². The Balaban J connectivity index is 1.83. The number of rotatable bonds is 6. The summed E-state index contributed by atoms with van der Waals surface area (Å²) in [6, 6.07) is 4.94. The first kappa shape index (κ1) is 15.0. The van der Waals surface area contributed by atoms with E-state index in [4.69, 9.17) is 0 Å². The first-order chi connectivity index (χ1) is 9.24. The predicted octanol–water partition coefficient (Wildman–Crippen LogP) is 3.76. The molecule has 1 fully saturated rings. The second-order valence-electron chi connectivity index (χ2n) is 5.77. The van der Waals surface area contributed by atoms with Crippen LogP contribution in [0.4, 0.5) is 0 Å². The number of aliphatic hydroxyl groups excluding tert-OH is 1. The summed E-state index contributed by atoms with van der Waals surface area (Å²) < 4.78 is 0. The lowest BCUT2D eigenvalue weighted by molar-refractivity contribution is 0.131. The Hall–Kier alpha value is -0.380. The minimum Gasteiger partial charge on any atom is -0.396 e. The van der Waals surface area contributed by atoms with Crippen molar-refractivity contribution >= 4 is 11.3 Å². The van der Waals surface area contributed by atoms with E-state index in [1.807, 2.05) is 11.3 Å². The standard InChI is InChI=1S/C16H27NOS/c1-3-15-8-9-16(19-15)12(2)17-10-13-6-4-5-7-14(13)11-18/h8-9,12-14,17-18H,3-7,10-11H2,1-2H3. The summed E-state index contributed by atoms with van der Waals surface area (Å²) >= 11 is 1.92. The third-order valence-corrected chi connectivity index (χ3v) is 5.86. The molecule has 0 spiro atoms. The van der Waals surface area contributed by atoms with E-state index in [-0.39, 0.29) is 0 Å². The highest BCUT2D eigenvalue weighted by Gasteiger charge is 2.24. The first-order valence-corrected chi connectivity index (χ1v) is 8.49. The van der Waals surface area contributed by atoms with Gasteiger partial charge in [0.25, 0.3) is 0 Å². The van der Waals surface area contributed by atoms with Crippen LogP contribution in [0.15, 0.2) is 12.1 Å². The van der Waals surface area contributed by atoms with Gasteiger partial charge < -0.3 is 10.4 Å². The van der Waals surface area contributed by atoms with Crippen LogP contribution in [0.5, 0.6) is 0 Å². The zero-order valence-corrected chi connectivity index (χ0v) is 13.0. The smallest absolute Gasteiger partial charge is 0.0462 e. The van der Waals surface area contributed by atoms with Crippen LogP contribution >= 0.6 is 11.3 Å². The maximum atomic E-state index is 9.45. The molecule has 108 valence electrons. The van der Waals surface area contributed by atoms with Crippen LogP contribution in [0.2, 0.25) is 0 Å². The van der Waals surface area contributed by atoms with Gasteiger partial charge in [0.1, 0.15) is 0 Å². The average Bonchev–Trinajstić information content (AvgIpc) is 2.94. The summed E-state index contributed by atoms with van der Waals surface area (Å²) in [4.78, 5) is 2.91. The predicted molar refractivity (Wildman–Crippen MR) is 82.6 cm³/mol. The molecule has 1 aliphatic carbocycles. The van der Waals surface area contributed by atoms with Gasteiger partial charge in [0.2, 0.25) is 0 Å². The van der Waals surface area contributed by atoms with E-state index in [1.54, 1.807) is 0 Å². The average molecular weight is 281 g/mol. The molecule has 0 aliphatic heterocycles. The second kappa shape index (κ2) is 7.41. The SMILES string of the molecule is CCc1ccc(C(C)NCC2CCCCC2CO)s1. The molecule has 3 atom stereocenters. The minimum absolute atomic E-state index is 0.361. The van der Waals surface area contributed by atoms with Gasteiger partial charge in [-0.3, -0.25) is 0 Å². The van der Waals surface area contributed by atoms with E-state index in [2.05, 4.69) is 31.3 Å². The summed E-state index contributed by atoms with van der Waals surface area (Å²) in [6.45, 7) is 5.87. The van der Waals surface area contributed by atoms with Crippen molar-refractivity contribution in [3.63, 3.8) is 0 Å². The Morgan fingerprint density at radius 3 is 2.68 bits per heavy atom. The Bertz CT molecular complexity index is 377. The Morgan fingerprint density at radius 2 is 2.05 bits per heavy atom. The van der Waals surface area contributed by atoms with Crippen molar-refractivity contribution in [3.8, 4) is 0 Å². The van der Waals surface area contributed by atoms with Gasteiger partial charge in [0, 0.05) is 22.4 Å². The number of aliphatic hydroxyl groups is 1. The molecule has 2 N–H and O–H groups in total. The van der Waals surface area contributed by atoms with Gasteiger partial charge in [-0.15, -0.1) is 11.3 Å². The molecule has 1 aromatic rings. The lowest BCUT2D eigenvalue weighted by Crippen LogP contribution is -2.33. The largest absolute Gasteiger partial charge is 0.396 e. The lowest BCUT2D eigenvalue weighted by atomic mass is 9.79. The van der Waals surface area contributed by atoms with Crippen LogP contribution < -0.4 is 5.32 Å². The summed E-state index contributed by atoms with van der Waals surface area (Å²) in [6.07, 6.45) is 6.23. The molecule has 1 aliphatic rings. The molecule has 19 heavy (non-hydrogen) atoms. The molecule has 0 bridgehead atoms. The van der Waals surface area contributed by atoms with Crippen molar-refractivity contribution in [3.05, 3.63) is 21.9 Å². The van der Waals surface area contributed by atoms with E-state index in [0.29, 0.717) is 24.5 Å². The van der Waals surface area contributed by atoms with E-state index in [0.717, 1.165) is 13.0 Å². The van der Waals surface area contributed by atoms with Crippen molar-refractivity contribution in [1.29, 1.82) is 0 Å². The van der Waals surface area contributed by atoms with Gasteiger partial charge >= 0.3 is 0 Å². The zero-order chi connectivity index (χ0) is 13.7. The number of thiophene rings is 1. The van der Waals surface area contributed by atoms with Crippen LogP contribution in [-0.2, 0) is 6.42 Å². The van der Waals surface area contributed by atoms with E-state index in [9.17, 15) is 5.11 Å².